The first kappa shape index (κ1) is 26.4. The van der Waals surface area contributed by atoms with Crippen molar-refractivity contribution in [2.75, 3.05) is 11.9 Å². The van der Waals surface area contributed by atoms with Gasteiger partial charge in [-0.1, -0.05) is 24.3 Å². The zero-order chi connectivity index (χ0) is 28.5. The van der Waals surface area contributed by atoms with Gasteiger partial charge in [-0.3, -0.25) is 9.78 Å². The fourth-order valence-electron chi connectivity index (χ4n) is 4.92. The number of esters is 2. The summed E-state index contributed by atoms with van der Waals surface area (Å²) in [5.74, 6) is -1.05. The molecule has 9 nitrogen and oxygen atoms in total. The van der Waals surface area contributed by atoms with Gasteiger partial charge in [0.25, 0.3) is 5.91 Å². The molecule has 1 atom stereocenters. The van der Waals surface area contributed by atoms with Gasteiger partial charge >= 0.3 is 11.9 Å². The minimum absolute atomic E-state index is 0.214. The number of ether oxygens (including phenoxy) is 2. The predicted molar refractivity (Wildman–Crippen MR) is 156 cm³/mol. The number of aromatic nitrogens is 3. The summed E-state index contributed by atoms with van der Waals surface area (Å²) >= 11 is 1.33. The van der Waals surface area contributed by atoms with Gasteiger partial charge in [0, 0.05) is 22.8 Å². The minimum atomic E-state index is -1.12. The quantitative estimate of drug-likeness (QED) is 0.238. The van der Waals surface area contributed by atoms with Crippen molar-refractivity contribution < 1.29 is 23.9 Å². The van der Waals surface area contributed by atoms with Gasteiger partial charge < -0.3 is 19.8 Å². The lowest BCUT2D eigenvalue weighted by atomic mass is 9.89. The predicted octanol–water partition coefficient (Wildman–Crippen LogP) is 5.81. The molecule has 3 aromatic heterocycles. The molecule has 1 unspecified atom stereocenters. The number of nitrogens with zero attached hydrogens (tertiary/aromatic N) is 2. The summed E-state index contributed by atoms with van der Waals surface area (Å²) in [6, 6.07) is 16.7. The lowest BCUT2D eigenvalue weighted by Crippen LogP contribution is -2.30. The van der Waals surface area contributed by atoms with Gasteiger partial charge in [-0.05, 0) is 73.7 Å². The number of anilines is 1. The number of thiophene rings is 1. The Bertz CT molecular complexity index is 1790. The lowest BCUT2D eigenvalue weighted by Gasteiger charge is -2.16. The molecule has 206 valence electrons. The third-order valence-corrected chi connectivity index (χ3v) is 8.12. The average Bonchev–Trinajstić information content (AvgIpc) is 3.59. The van der Waals surface area contributed by atoms with Gasteiger partial charge in [0.15, 0.2) is 6.10 Å². The van der Waals surface area contributed by atoms with Crippen LogP contribution in [-0.2, 0) is 27.1 Å². The highest BCUT2D eigenvalue weighted by atomic mass is 32.1. The van der Waals surface area contributed by atoms with Gasteiger partial charge in [-0.2, -0.15) is 0 Å². The number of imidazole rings is 1. The Morgan fingerprint density at radius 2 is 1.93 bits per heavy atom. The van der Waals surface area contributed by atoms with E-state index < -0.39 is 23.9 Å². The number of pyridine rings is 1. The third-order valence-electron chi connectivity index (χ3n) is 6.94. The number of nitrogens with one attached hydrogen (secondary N) is 2. The summed E-state index contributed by atoms with van der Waals surface area (Å²) in [6.45, 7) is 3.45. The second-order valence-electron chi connectivity index (χ2n) is 9.59. The molecule has 5 aromatic rings. The summed E-state index contributed by atoms with van der Waals surface area (Å²) in [6.07, 6.45) is 3.71. The Labute approximate surface area is 239 Å². The number of H-pyrrole nitrogens is 1. The van der Waals surface area contributed by atoms with E-state index in [4.69, 9.17) is 9.47 Å². The molecule has 6 rings (SSSR count). The number of carbonyl (C=O) groups excluding carboxylic acids is 3. The van der Waals surface area contributed by atoms with Crippen molar-refractivity contribution in [3.05, 3.63) is 89.2 Å². The van der Waals surface area contributed by atoms with E-state index in [-0.39, 0.29) is 12.2 Å². The molecule has 0 saturated carbocycles. The number of amides is 1. The molecular formula is C31H26N4O5S. The topological polar surface area (TPSA) is 123 Å². The molecule has 0 radical (unpaired) electrons. The number of carbonyl (C=O) groups is 3. The normalized spacial score (nSPS) is 12.7. The zero-order valence-electron chi connectivity index (χ0n) is 22.4. The molecule has 2 N–H and O–H groups in total. The molecule has 0 bridgehead atoms. The standard InChI is InChI=1S/C31H26N4O5S/c1-3-39-31(38)25-22-12-10-18-7-4-5-9-21(18)26(22)41-29(25)35-28(36)17(2)40-30(37)19-11-13-23-24(15-19)34-27(33-23)20-8-6-14-32-16-20/h4-9,11,13-17H,3,10,12H2,1-2H3,(H,33,34)(H,35,36). The Balaban J connectivity index is 1.21. The second-order valence-corrected chi connectivity index (χ2v) is 10.6. The first-order valence-electron chi connectivity index (χ1n) is 13.3. The van der Waals surface area contributed by atoms with Crippen LogP contribution in [0.3, 0.4) is 0 Å². The van der Waals surface area contributed by atoms with Gasteiger partial charge in [0.1, 0.15) is 10.8 Å². The van der Waals surface area contributed by atoms with Gasteiger partial charge in [-0.15, -0.1) is 11.3 Å². The number of hydrogen-bond donors (Lipinski definition) is 2. The van der Waals surface area contributed by atoms with Gasteiger partial charge in [0.2, 0.25) is 0 Å². The highest BCUT2D eigenvalue weighted by Gasteiger charge is 2.31. The van der Waals surface area contributed by atoms with Crippen molar-refractivity contribution in [3.8, 4) is 21.8 Å². The van der Waals surface area contributed by atoms with Gasteiger partial charge in [0.05, 0.1) is 28.8 Å². The fourth-order valence-corrected chi connectivity index (χ4v) is 6.22. The molecule has 0 aliphatic heterocycles. The lowest BCUT2D eigenvalue weighted by molar-refractivity contribution is -0.123. The molecule has 41 heavy (non-hydrogen) atoms. The van der Waals surface area contributed by atoms with E-state index in [2.05, 4.69) is 26.3 Å². The van der Waals surface area contributed by atoms with Crippen LogP contribution < -0.4 is 5.32 Å². The summed E-state index contributed by atoms with van der Waals surface area (Å²) in [4.78, 5) is 51.9. The van der Waals surface area contributed by atoms with E-state index in [1.54, 1.807) is 37.5 Å². The SMILES string of the molecule is CCOC(=O)c1c(NC(=O)C(C)OC(=O)c2ccc3nc(-c4cccnc4)[nH]c3c2)sc2c1CCc1ccccc1-2. The van der Waals surface area contributed by atoms with Crippen LogP contribution in [0.25, 0.3) is 32.9 Å². The summed E-state index contributed by atoms with van der Waals surface area (Å²) in [5, 5.41) is 3.21. The Hall–Kier alpha value is -4.83. The molecule has 0 spiro atoms. The summed E-state index contributed by atoms with van der Waals surface area (Å²) < 4.78 is 10.8. The first-order valence-corrected chi connectivity index (χ1v) is 14.1. The Kier molecular flexibility index (Phi) is 7.07. The number of rotatable bonds is 7. The maximum Gasteiger partial charge on any atom is 0.341 e. The van der Waals surface area contributed by atoms with E-state index in [0.29, 0.717) is 33.8 Å². The van der Waals surface area contributed by atoms with Crippen molar-refractivity contribution in [1.82, 2.24) is 15.0 Å². The van der Waals surface area contributed by atoms with Crippen molar-refractivity contribution in [2.45, 2.75) is 32.8 Å². The van der Waals surface area contributed by atoms with Crippen molar-refractivity contribution >= 4 is 45.2 Å². The monoisotopic (exact) mass is 566 g/mol. The maximum atomic E-state index is 13.2. The van der Waals surface area contributed by atoms with Crippen LogP contribution in [-0.4, -0.2) is 45.5 Å². The van der Waals surface area contributed by atoms with Crippen LogP contribution >= 0.6 is 11.3 Å². The van der Waals surface area contributed by atoms with Crippen LogP contribution in [0.15, 0.2) is 67.0 Å². The minimum Gasteiger partial charge on any atom is -0.462 e. The molecule has 0 saturated heterocycles. The number of hydrogen-bond acceptors (Lipinski definition) is 8. The molecule has 2 aromatic carbocycles. The number of aryl methyl sites for hydroxylation is 1. The van der Waals surface area contributed by atoms with Crippen molar-refractivity contribution in [1.29, 1.82) is 0 Å². The molecule has 10 heteroatoms. The molecule has 1 amide bonds. The third kappa shape index (κ3) is 5.09. The molecule has 0 fully saturated rings. The molecule has 1 aliphatic carbocycles. The molecular weight excluding hydrogens is 540 g/mol. The second kappa shape index (κ2) is 11.0. The zero-order valence-corrected chi connectivity index (χ0v) is 23.2. The summed E-state index contributed by atoms with van der Waals surface area (Å²) in [7, 11) is 0. The number of aromatic amines is 1. The number of fused-ring (bicyclic) bond motifs is 4. The van der Waals surface area contributed by atoms with Gasteiger partial charge in [-0.25, -0.2) is 14.6 Å². The van der Waals surface area contributed by atoms with E-state index >= 15 is 0 Å². The van der Waals surface area contributed by atoms with E-state index in [9.17, 15) is 14.4 Å². The largest absolute Gasteiger partial charge is 0.462 e. The van der Waals surface area contributed by atoms with E-state index in [1.807, 2.05) is 30.3 Å². The molecule has 1 aliphatic rings. The van der Waals surface area contributed by atoms with Crippen LogP contribution in [0.1, 0.15) is 45.7 Å². The van der Waals surface area contributed by atoms with E-state index in [1.165, 1.54) is 23.8 Å². The van der Waals surface area contributed by atoms with Crippen LogP contribution in [0.5, 0.6) is 0 Å². The Morgan fingerprint density at radius 1 is 1.07 bits per heavy atom. The highest BCUT2D eigenvalue weighted by molar-refractivity contribution is 7.20. The summed E-state index contributed by atoms with van der Waals surface area (Å²) in [5.41, 5.74) is 5.89. The molecule has 3 heterocycles. The van der Waals surface area contributed by atoms with E-state index in [0.717, 1.165) is 28.0 Å². The first-order chi connectivity index (χ1) is 19.9. The van der Waals surface area contributed by atoms with Crippen LogP contribution in [0.4, 0.5) is 5.00 Å². The average molecular weight is 567 g/mol. The fraction of sp³-hybridized carbons (Fsp3) is 0.194. The highest BCUT2D eigenvalue weighted by Crippen LogP contribution is 2.45. The van der Waals surface area contributed by atoms with Crippen molar-refractivity contribution in [2.24, 2.45) is 0 Å². The van der Waals surface area contributed by atoms with Crippen LogP contribution in [0.2, 0.25) is 0 Å². The van der Waals surface area contributed by atoms with Crippen LogP contribution in [0, 0.1) is 0 Å². The van der Waals surface area contributed by atoms with Crippen molar-refractivity contribution in [3.63, 3.8) is 0 Å². The Morgan fingerprint density at radius 3 is 2.73 bits per heavy atom. The number of benzene rings is 2. The maximum absolute atomic E-state index is 13.2. The smallest absolute Gasteiger partial charge is 0.341 e.